The Balaban J connectivity index is 1.89. The van der Waals surface area contributed by atoms with Gasteiger partial charge in [-0.2, -0.15) is 0 Å². The van der Waals surface area contributed by atoms with Crippen molar-refractivity contribution >= 4 is 27.3 Å². The molecule has 1 aliphatic rings. The average molecular weight is 486 g/mol. The molecule has 1 heterocycles. The number of hydrogen-bond donors (Lipinski definition) is 2. The van der Waals surface area contributed by atoms with Gasteiger partial charge in [0.2, 0.25) is 0 Å². The molecule has 1 saturated heterocycles. The second-order valence-corrected chi connectivity index (χ2v) is 12.6. The third-order valence-electron chi connectivity index (χ3n) is 6.32. The third-order valence-corrected chi connectivity index (χ3v) is 7.72. The predicted molar refractivity (Wildman–Crippen MR) is 140 cm³/mol. The number of nitrogens with zero attached hydrogens (tertiary/aromatic N) is 1. The van der Waals surface area contributed by atoms with Gasteiger partial charge in [0.15, 0.2) is 0 Å². The first-order valence-corrected chi connectivity index (χ1v) is 13.7. The fraction of sp³-hybridized carbons (Fsp3) is 0.519. The number of sulfonamides is 1. The van der Waals surface area contributed by atoms with Crippen LogP contribution >= 0.6 is 0 Å². The zero-order valence-corrected chi connectivity index (χ0v) is 22.1. The number of hydrogen-bond acceptors (Lipinski definition) is 4. The Kier molecular flexibility index (Phi) is 7.96. The van der Waals surface area contributed by atoms with Gasteiger partial charge in [-0.15, -0.1) is 0 Å². The van der Waals surface area contributed by atoms with E-state index in [1.165, 1.54) is 0 Å². The lowest BCUT2D eigenvalue weighted by Gasteiger charge is -2.33. The van der Waals surface area contributed by atoms with Crippen molar-refractivity contribution in [2.24, 2.45) is 11.8 Å². The quantitative estimate of drug-likeness (QED) is 0.550. The highest BCUT2D eigenvalue weighted by atomic mass is 32.2. The molecule has 2 N–H and O–H groups in total. The molecule has 2 aromatic carbocycles. The van der Waals surface area contributed by atoms with E-state index in [1.807, 2.05) is 32.0 Å². The van der Waals surface area contributed by atoms with Crippen molar-refractivity contribution in [3.63, 3.8) is 0 Å². The zero-order chi connectivity index (χ0) is 25.1. The van der Waals surface area contributed by atoms with Gasteiger partial charge in [0.25, 0.3) is 15.9 Å². The van der Waals surface area contributed by atoms with Crippen molar-refractivity contribution in [1.82, 2.24) is 5.32 Å². The molecule has 34 heavy (non-hydrogen) atoms. The molecule has 186 valence electrons. The number of anilines is 2. The minimum absolute atomic E-state index is 0.0595. The van der Waals surface area contributed by atoms with Gasteiger partial charge in [0.05, 0.1) is 10.5 Å². The van der Waals surface area contributed by atoms with Crippen LogP contribution in [0.2, 0.25) is 0 Å². The van der Waals surface area contributed by atoms with Gasteiger partial charge in [-0.3, -0.25) is 9.52 Å². The highest BCUT2D eigenvalue weighted by Gasteiger charge is 2.23. The highest BCUT2D eigenvalue weighted by molar-refractivity contribution is 7.92. The Bertz CT molecular complexity index is 1090. The smallest absolute Gasteiger partial charge is 0.261 e. The van der Waals surface area contributed by atoms with Gasteiger partial charge in [0, 0.05) is 31.0 Å². The second kappa shape index (κ2) is 10.4. The van der Waals surface area contributed by atoms with E-state index < -0.39 is 10.0 Å². The molecule has 2 aromatic rings. The van der Waals surface area contributed by atoms with Crippen molar-refractivity contribution < 1.29 is 13.2 Å². The molecular formula is C27H39N3O3S. The highest BCUT2D eigenvalue weighted by Crippen LogP contribution is 2.30. The molecule has 1 aliphatic heterocycles. The molecule has 7 heteroatoms. The molecular weight excluding hydrogens is 446 g/mol. The van der Waals surface area contributed by atoms with Gasteiger partial charge in [-0.1, -0.05) is 53.7 Å². The number of carbonyl (C=O) groups excluding carboxylic acids is 1. The summed E-state index contributed by atoms with van der Waals surface area (Å²) in [5.74, 6) is 0.809. The van der Waals surface area contributed by atoms with Crippen LogP contribution in [-0.2, 0) is 15.4 Å². The van der Waals surface area contributed by atoms with Crippen molar-refractivity contribution in [3.8, 4) is 0 Å². The monoisotopic (exact) mass is 485 g/mol. The fourth-order valence-corrected chi connectivity index (χ4v) is 5.10. The minimum atomic E-state index is -3.78. The molecule has 0 aliphatic carbocycles. The fourth-order valence-electron chi connectivity index (χ4n) is 4.05. The Hall–Kier alpha value is -2.54. The van der Waals surface area contributed by atoms with Crippen LogP contribution in [0.3, 0.4) is 0 Å². The number of amides is 1. The summed E-state index contributed by atoms with van der Waals surface area (Å²) in [4.78, 5) is 15.5. The first-order chi connectivity index (χ1) is 15.9. The zero-order valence-electron chi connectivity index (χ0n) is 21.3. The molecule has 1 fully saturated rings. The molecule has 0 atom stereocenters. The molecule has 3 rings (SSSR count). The minimum Gasteiger partial charge on any atom is -0.371 e. The van der Waals surface area contributed by atoms with E-state index in [1.54, 1.807) is 24.3 Å². The molecule has 0 radical (unpaired) electrons. The van der Waals surface area contributed by atoms with Gasteiger partial charge in [-0.25, -0.2) is 8.42 Å². The number of rotatable bonds is 7. The number of piperidine rings is 1. The van der Waals surface area contributed by atoms with E-state index in [0.29, 0.717) is 29.6 Å². The van der Waals surface area contributed by atoms with Gasteiger partial charge in [-0.05, 0) is 66.0 Å². The Morgan fingerprint density at radius 3 is 2.24 bits per heavy atom. The van der Waals surface area contributed by atoms with Crippen molar-refractivity contribution in [2.75, 3.05) is 29.3 Å². The number of nitrogens with one attached hydrogen (secondary N) is 2. The molecule has 0 aromatic heterocycles. The Morgan fingerprint density at radius 2 is 1.68 bits per heavy atom. The number of benzene rings is 2. The summed E-state index contributed by atoms with van der Waals surface area (Å²) in [6.45, 7) is 14.9. The Morgan fingerprint density at radius 1 is 1.06 bits per heavy atom. The van der Waals surface area contributed by atoms with Crippen molar-refractivity contribution in [3.05, 3.63) is 53.6 Å². The van der Waals surface area contributed by atoms with Gasteiger partial charge < -0.3 is 10.2 Å². The first-order valence-electron chi connectivity index (χ1n) is 12.2. The Labute approximate surface area is 205 Å². The van der Waals surface area contributed by atoms with E-state index in [4.69, 9.17) is 0 Å². The maximum Gasteiger partial charge on any atom is 0.261 e. The van der Waals surface area contributed by atoms with Gasteiger partial charge in [0.1, 0.15) is 0 Å². The second-order valence-electron chi connectivity index (χ2n) is 10.9. The summed E-state index contributed by atoms with van der Waals surface area (Å²) in [5.41, 5.74) is 2.74. The van der Waals surface area contributed by atoms with Crippen LogP contribution in [0.5, 0.6) is 0 Å². The average Bonchev–Trinajstić information content (AvgIpc) is 2.77. The maximum atomic E-state index is 13.1. The lowest BCUT2D eigenvalue weighted by molar-refractivity contribution is 0.0949. The third kappa shape index (κ3) is 6.53. The summed E-state index contributed by atoms with van der Waals surface area (Å²) in [7, 11) is -3.78. The van der Waals surface area contributed by atoms with E-state index in [-0.39, 0.29) is 16.2 Å². The van der Waals surface area contributed by atoms with Crippen molar-refractivity contribution in [2.45, 2.75) is 64.7 Å². The summed E-state index contributed by atoms with van der Waals surface area (Å²) in [5, 5.41) is 2.99. The molecule has 0 saturated carbocycles. The van der Waals surface area contributed by atoms with Gasteiger partial charge >= 0.3 is 0 Å². The molecule has 1 amide bonds. The SMILES string of the molecule is CC(C)CNC(=O)c1cc(NS(=O)(=O)c2ccc(C(C)(C)C)cc2)ccc1N1CCC(C)CC1. The normalized spacial score (nSPS) is 15.4. The summed E-state index contributed by atoms with van der Waals surface area (Å²) < 4.78 is 28.8. The van der Waals surface area contributed by atoms with Crippen LogP contribution < -0.4 is 14.9 Å². The maximum absolute atomic E-state index is 13.1. The lowest BCUT2D eigenvalue weighted by atomic mass is 9.87. The largest absolute Gasteiger partial charge is 0.371 e. The van der Waals surface area contributed by atoms with Crippen LogP contribution in [0.1, 0.15) is 70.3 Å². The first kappa shape index (κ1) is 26.1. The number of carbonyl (C=O) groups is 1. The standard InChI is InChI=1S/C27H39N3O3S/c1-19(2)18-28-26(31)24-17-22(9-12-25(24)30-15-13-20(3)14-16-30)29-34(32,33)23-10-7-21(8-11-23)27(4,5)6/h7-12,17,19-20,29H,13-16,18H2,1-6H3,(H,28,31). The molecule has 0 bridgehead atoms. The van der Waals surface area contributed by atoms with Crippen LogP contribution in [0, 0.1) is 11.8 Å². The predicted octanol–water partition coefficient (Wildman–Crippen LogP) is 5.41. The van der Waals surface area contributed by atoms with E-state index in [0.717, 1.165) is 37.2 Å². The molecule has 0 spiro atoms. The lowest BCUT2D eigenvalue weighted by Crippen LogP contribution is -2.35. The molecule has 6 nitrogen and oxygen atoms in total. The van der Waals surface area contributed by atoms with E-state index >= 15 is 0 Å². The molecule has 0 unspecified atom stereocenters. The van der Waals surface area contributed by atoms with Crippen LogP contribution in [0.4, 0.5) is 11.4 Å². The topological polar surface area (TPSA) is 78.5 Å². The van der Waals surface area contributed by atoms with Crippen LogP contribution in [0.25, 0.3) is 0 Å². The van der Waals surface area contributed by atoms with E-state index in [2.05, 4.69) is 42.6 Å². The van der Waals surface area contributed by atoms with Crippen LogP contribution in [-0.4, -0.2) is 34.0 Å². The van der Waals surface area contributed by atoms with E-state index in [9.17, 15) is 13.2 Å². The summed E-state index contributed by atoms with van der Waals surface area (Å²) in [6, 6.07) is 12.2. The van der Waals surface area contributed by atoms with Crippen LogP contribution in [0.15, 0.2) is 47.4 Å². The summed E-state index contributed by atoms with van der Waals surface area (Å²) >= 11 is 0. The summed E-state index contributed by atoms with van der Waals surface area (Å²) in [6.07, 6.45) is 2.15. The van der Waals surface area contributed by atoms with Crippen molar-refractivity contribution in [1.29, 1.82) is 0 Å².